The van der Waals surface area contributed by atoms with Gasteiger partial charge in [-0.2, -0.15) is 0 Å². The van der Waals surface area contributed by atoms with Crippen LogP contribution in [0.15, 0.2) is 0 Å². The van der Waals surface area contributed by atoms with Crippen molar-refractivity contribution in [3.63, 3.8) is 0 Å². The van der Waals surface area contributed by atoms with Crippen LogP contribution in [0, 0.1) is 0 Å². The Morgan fingerprint density at radius 2 is 1.00 bits per heavy atom. The van der Waals surface area contributed by atoms with Gasteiger partial charge < -0.3 is 13.9 Å². The second kappa shape index (κ2) is 17.9. The molecular formula is C16H34NiO4P-. The third kappa shape index (κ3) is 18.7. The average molecular weight is 380 g/mol. The van der Waals surface area contributed by atoms with Crippen molar-refractivity contribution in [2.75, 3.05) is 13.2 Å². The zero-order valence-corrected chi connectivity index (χ0v) is 16.2. The molecule has 0 bridgehead atoms. The van der Waals surface area contributed by atoms with Gasteiger partial charge in [0.25, 0.3) is 7.82 Å². The molecule has 0 radical (unpaired) electrons. The normalized spacial score (nSPS) is 11.4. The number of rotatable bonds is 16. The van der Waals surface area contributed by atoms with Gasteiger partial charge in [-0.25, -0.2) is 0 Å². The molecule has 0 aromatic heterocycles. The molecule has 0 amide bonds. The summed E-state index contributed by atoms with van der Waals surface area (Å²) in [6.45, 7) is 4.86. The Balaban J connectivity index is 0. The van der Waals surface area contributed by atoms with Gasteiger partial charge in [-0.1, -0.05) is 78.1 Å². The molecule has 6 heteroatoms. The molecule has 0 atom stereocenters. The second-order valence-corrected chi connectivity index (χ2v) is 7.06. The van der Waals surface area contributed by atoms with Gasteiger partial charge in [-0.05, 0) is 12.8 Å². The van der Waals surface area contributed by atoms with Crippen LogP contribution >= 0.6 is 7.82 Å². The molecule has 0 heterocycles. The molecule has 0 rings (SSSR count). The van der Waals surface area contributed by atoms with Gasteiger partial charge in [0, 0.05) is 16.5 Å². The average Bonchev–Trinajstić information content (AvgIpc) is 2.45. The van der Waals surface area contributed by atoms with Crippen molar-refractivity contribution in [1.29, 1.82) is 0 Å². The molecule has 0 aromatic carbocycles. The molecular weight excluding hydrogens is 346 g/mol. The number of phosphoric acid groups is 1. The Morgan fingerprint density at radius 3 is 1.36 bits per heavy atom. The van der Waals surface area contributed by atoms with E-state index >= 15 is 0 Å². The van der Waals surface area contributed by atoms with Gasteiger partial charge in [0.05, 0.1) is 13.2 Å². The minimum Gasteiger partial charge on any atom is -0.756 e. The second-order valence-electron chi connectivity index (χ2n) is 5.65. The van der Waals surface area contributed by atoms with Crippen LogP contribution in [-0.2, 0) is 30.1 Å². The molecule has 4 nitrogen and oxygen atoms in total. The molecule has 0 saturated heterocycles. The summed E-state index contributed by atoms with van der Waals surface area (Å²) >= 11 is 0. The SMILES string of the molecule is CCCCCCCCOP(=O)([O-])OCCCCCCCC.[Ni]. The molecule has 0 saturated carbocycles. The van der Waals surface area contributed by atoms with Gasteiger partial charge in [-0.3, -0.25) is 4.57 Å². The maximum atomic E-state index is 11.5. The Hall–Kier alpha value is 0.604. The molecule has 138 valence electrons. The first-order chi connectivity index (χ1) is 10.1. The van der Waals surface area contributed by atoms with Gasteiger partial charge in [0.15, 0.2) is 0 Å². The molecule has 0 aromatic rings. The minimum absolute atomic E-state index is 0. The van der Waals surface area contributed by atoms with E-state index in [0.29, 0.717) is 0 Å². The molecule has 0 N–H and O–H groups in total. The molecule has 0 fully saturated rings. The Morgan fingerprint density at radius 1 is 0.682 bits per heavy atom. The zero-order chi connectivity index (χ0) is 15.8. The summed E-state index contributed by atoms with van der Waals surface area (Å²) in [6.07, 6.45) is 13.3. The van der Waals surface area contributed by atoms with Crippen LogP contribution in [0.25, 0.3) is 0 Å². The number of phosphoric ester groups is 1. The van der Waals surface area contributed by atoms with Crippen molar-refractivity contribution in [2.24, 2.45) is 0 Å². The van der Waals surface area contributed by atoms with Crippen molar-refractivity contribution in [3.8, 4) is 0 Å². The topological polar surface area (TPSA) is 58.6 Å². The first kappa shape index (κ1) is 24.9. The Bertz CT molecular complexity index is 243. The maximum absolute atomic E-state index is 11.5. The summed E-state index contributed by atoms with van der Waals surface area (Å²) in [6, 6.07) is 0. The fourth-order valence-corrected chi connectivity index (χ4v) is 2.93. The van der Waals surface area contributed by atoms with E-state index < -0.39 is 7.82 Å². The summed E-state index contributed by atoms with van der Waals surface area (Å²) in [5, 5.41) is 0. The monoisotopic (exact) mass is 379 g/mol. The van der Waals surface area contributed by atoms with Crippen molar-refractivity contribution < 1.29 is 35.0 Å². The molecule has 0 aliphatic heterocycles. The number of unbranched alkanes of at least 4 members (excludes halogenated alkanes) is 10. The largest absolute Gasteiger partial charge is 0.756 e. The van der Waals surface area contributed by atoms with Crippen molar-refractivity contribution in [2.45, 2.75) is 90.9 Å². The standard InChI is InChI=1S/C16H35O4P.Ni/c1-3-5-7-9-11-13-15-19-21(17,18)20-16-14-12-10-8-6-4-2;/h3-16H2,1-2H3,(H,17,18);/p-1. The van der Waals surface area contributed by atoms with E-state index in [1.807, 2.05) is 0 Å². The summed E-state index contributed by atoms with van der Waals surface area (Å²) in [7, 11) is -4.07. The Kier molecular flexibility index (Phi) is 20.3. The molecule has 0 unspecified atom stereocenters. The van der Waals surface area contributed by atoms with E-state index in [1.54, 1.807) is 0 Å². The van der Waals surface area contributed by atoms with Gasteiger partial charge in [0.2, 0.25) is 0 Å². The van der Waals surface area contributed by atoms with Crippen LogP contribution in [0.3, 0.4) is 0 Å². The van der Waals surface area contributed by atoms with E-state index in [4.69, 9.17) is 9.05 Å². The molecule has 0 aliphatic rings. The summed E-state index contributed by atoms with van der Waals surface area (Å²) < 4.78 is 21.2. The van der Waals surface area contributed by atoms with E-state index in [1.165, 1.54) is 38.5 Å². The van der Waals surface area contributed by atoms with Crippen molar-refractivity contribution in [1.82, 2.24) is 0 Å². The third-order valence-corrected chi connectivity index (χ3v) is 4.49. The molecule has 0 spiro atoms. The predicted molar refractivity (Wildman–Crippen MR) is 86.3 cm³/mol. The van der Waals surface area contributed by atoms with Crippen LogP contribution in [0.1, 0.15) is 90.9 Å². The molecule has 22 heavy (non-hydrogen) atoms. The number of hydrogen-bond donors (Lipinski definition) is 0. The maximum Gasteiger partial charge on any atom is 0.267 e. The van der Waals surface area contributed by atoms with Crippen LogP contribution in [0.5, 0.6) is 0 Å². The fraction of sp³-hybridized carbons (Fsp3) is 1.00. The van der Waals surface area contributed by atoms with Gasteiger partial charge in [-0.15, -0.1) is 0 Å². The number of hydrogen-bond acceptors (Lipinski definition) is 4. The van der Waals surface area contributed by atoms with Crippen LogP contribution < -0.4 is 4.89 Å². The van der Waals surface area contributed by atoms with E-state index in [2.05, 4.69) is 13.8 Å². The van der Waals surface area contributed by atoms with E-state index in [9.17, 15) is 9.46 Å². The minimum atomic E-state index is -4.07. The quantitative estimate of drug-likeness (QED) is 0.210. The smallest absolute Gasteiger partial charge is 0.267 e. The zero-order valence-electron chi connectivity index (χ0n) is 14.3. The predicted octanol–water partition coefficient (Wildman–Crippen LogP) is 5.21. The van der Waals surface area contributed by atoms with Crippen LogP contribution in [0.4, 0.5) is 0 Å². The Labute approximate surface area is 147 Å². The van der Waals surface area contributed by atoms with Gasteiger partial charge in [0.1, 0.15) is 0 Å². The summed E-state index contributed by atoms with van der Waals surface area (Å²) in [5.74, 6) is 0. The van der Waals surface area contributed by atoms with Gasteiger partial charge >= 0.3 is 0 Å². The van der Waals surface area contributed by atoms with Crippen LogP contribution in [0.2, 0.25) is 0 Å². The fourth-order valence-electron chi connectivity index (χ4n) is 2.15. The van der Waals surface area contributed by atoms with Crippen LogP contribution in [-0.4, -0.2) is 13.2 Å². The van der Waals surface area contributed by atoms with E-state index in [-0.39, 0.29) is 29.7 Å². The van der Waals surface area contributed by atoms with E-state index in [0.717, 1.165) is 38.5 Å². The summed E-state index contributed by atoms with van der Waals surface area (Å²) in [5.41, 5.74) is 0. The third-order valence-electron chi connectivity index (χ3n) is 3.49. The van der Waals surface area contributed by atoms with Crippen molar-refractivity contribution >= 4 is 7.82 Å². The van der Waals surface area contributed by atoms with Crippen molar-refractivity contribution in [3.05, 3.63) is 0 Å². The first-order valence-corrected chi connectivity index (χ1v) is 10.2. The first-order valence-electron chi connectivity index (χ1n) is 8.72. The molecule has 0 aliphatic carbocycles. The summed E-state index contributed by atoms with van der Waals surface area (Å²) in [4.78, 5) is 11.5.